The maximum Gasteiger partial charge on any atom is 1.00 e. The molecule has 4 aliphatic carbocycles. The van der Waals surface area contributed by atoms with Crippen LogP contribution in [0, 0.1) is 34.0 Å². The van der Waals surface area contributed by atoms with Crippen LogP contribution in [0.5, 0.6) is 0 Å². The molecule has 3 nitrogen and oxygen atoms in total. The van der Waals surface area contributed by atoms with Gasteiger partial charge in [-0.3, -0.25) is 4.79 Å². The van der Waals surface area contributed by atoms with E-state index < -0.39 is 5.97 Å². The number of hydrogen-bond acceptors (Lipinski definition) is 3. The zero-order valence-electron chi connectivity index (χ0n) is 17.3. The number of hydrogen-bond donors (Lipinski definition) is 0. The van der Waals surface area contributed by atoms with E-state index in [0.29, 0.717) is 24.2 Å². The van der Waals surface area contributed by atoms with Crippen molar-refractivity contribution >= 4 is 11.8 Å². The topological polar surface area (TPSA) is 57.2 Å². The molecule has 0 bridgehead atoms. The van der Waals surface area contributed by atoms with Crippen LogP contribution >= 0.6 is 0 Å². The Hall–Kier alpha value is 0.256. The molecule has 0 aromatic rings. The van der Waals surface area contributed by atoms with E-state index in [4.69, 9.17) is 0 Å². The summed E-state index contributed by atoms with van der Waals surface area (Å²) in [6.45, 7) is 7.11. The molecule has 142 valence electrons. The summed E-state index contributed by atoms with van der Waals surface area (Å²) >= 11 is 0. The van der Waals surface area contributed by atoms with Crippen molar-refractivity contribution in [2.75, 3.05) is 0 Å². The van der Waals surface area contributed by atoms with Crippen molar-refractivity contribution in [1.29, 1.82) is 0 Å². The Balaban J connectivity index is 0.00000210. The van der Waals surface area contributed by atoms with E-state index in [1.54, 1.807) is 0 Å². The van der Waals surface area contributed by atoms with Crippen molar-refractivity contribution in [3.8, 4) is 0 Å². The largest absolute Gasteiger partial charge is 1.00 e. The second-order valence-corrected chi connectivity index (χ2v) is 10.1. The van der Waals surface area contributed by atoms with Gasteiger partial charge in [0.15, 0.2) is 5.78 Å². The van der Waals surface area contributed by atoms with Crippen LogP contribution in [-0.4, -0.2) is 11.8 Å². The maximum atomic E-state index is 11.9. The van der Waals surface area contributed by atoms with Gasteiger partial charge in [0, 0.05) is 12.4 Å². The van der Waals surface area contributed by atoms with Crippen molar-refractivity contribution in [3.63, 3.8) is 0 Å². The van der Waals surface area contributed by atoms with Gasteiger partial charge in [-0.1, -0.05) is 32.9 Å². The van der Waals surface area contributed by atoms with E-state index in [1.165, 1.54) is 24.8 Å². The molecule has 0 aromatic carbocycles. The van der Waals surface area contributed by atoms with Crippen LogP contribution in [0.1, 0.15) is 72.1 Å². The van der Waals surface area contributed by atoms with Crippen LogP contribution in [-0.2, 0) is 9.59 Å². The fourth-order valence-corrected chi connectivity index (χ4v) is 7.15. The predicted molar refractivity (Wildman–Crippen MR) is 99.0 cm³/mol. The molecular formula is C23H31KO3. The number of fused-ring (bicyclic) bond motifs is 5. The zero-order chi connectivity index (χ0) is 18.7. The number of carboxylic acids is 1. The first kappa shape index (κ1) is 22.0. The molecular weight excluding hydrogens is 363 g/mol. The molecule has 4 rings (SSSR count). The van der Waals surface area contributed by atoms with Gasteiger partial charge in [-0.2, -0.15) is 0 Å². The molecule has 4 heteroatoms. The van der Waals surface area contributed by atoms with Gasteiger partial charge in [0.05, 0.1) is 0 Å². The normalized spacial score (nSPS) is 45.2. The number of allylic oxidation sites excluding steroid dienone is 4. The molecule has 2 fully saturated rings. The van der Waals surface area contributed by atoms with E-state index in [1.807, 2.05) is 6.08 Å². The van der Waals surface area contributed by atoms with Gasteiger partial charge in [0.25, 0.3) is 0 Å². The summed E-state index contributed by atoms with van der Waals surface area (Å²) in [4.78, 5) is 23.0. The van der Waals surface area contributed by atoms with Crippen molar-refractivity contribution in [1.82, 2.24) is 0 Å². The van der Waals surface area contributed by atoms with E-state index in [0.717, 1.165) is 19.3 Å². The third-order valence-electron chi connectivity index (χ3n) is 9.17. The summed E-state index contributed by atoms with van der Waals surface area (Å²) in [6.07, 6.45) is 13.8. The number of carboxylic acid groups (broad SMARTS) is 1. The molecule has 2 saturated carbocycles. The Morgan fingerprint density at radius 2 is 1.85 bits per heavy atom. The first-order valence-electron chi connectivity index (χ1n) is 10.3. The predicted octanol–water partition coefficient (Wildman–Crippen LogP) is 0.835. The molecule has 0 N–H and O–H groups in total. The van der Waals surface area contributed by atoms with Crippen molar-refractivity contribution in [3.05, 3.63) is 23.8 Å². The molecule has 0 amide bonds. The molecule has 6 atom stereocenters. The maximum absolute atomic E-state index is 11.9. The van der Waals surface area contributed by atoms with Gasteiger partial charge in [-0.25, -0.2) is 0 Å². The van der Waals surface area contributed by atoms with E-state index in [-0.39, 0.29) is 79.8 Å². The molecule has 0 unspecified atom stereocenters. The number of ketones is 1. The second-order valence-electron chi connectivity index (χ2n) is 10.1. The van der Waals surface area contributed by atoms with Gasteiger partial charge in [0.1, 0.15) is 0 Å². The number of rotatable bonds is 3. The first-order valence-corrected chi connectivity index (χ1v) is 10.3. The first-order chi connectivity index (χ1) is 12.2. The monoisotopic (exact) mass is 394 g/mol. The zero-order valence-corrected chi connectivity index (χ0v) is 20.5. The second kappa shape index (κ2) is 7.50. The van der Waals surface area contributed by atoms with Crippen LogP contribution in [0.15, 0.2) is 23.8 Å². The summed E-state index contributed by atoms with van der Waals surface area (Å²) in [5.41, 5.74) is 1.68. The van der Waals surface area contributed by atoms with Crippen LogP contribution in [0.2, 0.25) is 0 Å². The standard InChI is InChI=1S/C23H32O3.K/c1-21(11-9-20(25)26)10-7-19-17-5-4-15-14-16(24)6-12-22(15,2)18(17)8-13-23(19,21)3;/h4-5,14,17-19H,6-13H2,1-3H3,(H,25,26);/q;+1/p-1/t17-,18+,19+,21+,22+,23+;/m1./s1. The van der Waals surface area contributed by atoms with Crippen molar-refractivity contribution < 1.29 is 66.1 Å². The Bertz CT molecular complexity index is 710. The molecule has 0 radical (unpaired) electrons. The van der Waals surface area contributed by atoms with Gasteiger partial charge < -0.3 is 9.90 Å². The van der Waals surface area contributed by atoms with E-state index in [9.17, 15) is 14.7 Å². The van der Waals surface area contributed by atoms with Gasteiger partial charge >= 0.3 is 51.4 Å². The third-order valence-corrected chi connectivity index (χ3v) is 9.17. The van der Waals surface area contributed by atoms with Crippen molar-refractivity contribution in [2.45, 2.75) is 72.1 Å². The Morgan fingerprint density at radius 1 is 1.15 bits per heavy atom. The summed E-state index contributed by atoms with van der Waals surface area (Å²) in [7, 11) is 0. The molecule has 0 aliphatic heterocycles. The summed E-state index contributed by atoms with van der Waals surface area (Å²) in [5, 5.41) is 11.1. The molecule has 0 aromatic heterocycles. The van der Waals surface area contributed by atoms with Gasteiger partial charge in [-0.15, -0.1) is 0 Å². The Labute approximate surface area is 205 Å². The summed E-state index contributed by atoms with van der Waals surface area (Å²) in [5.74, 6) is 1.16. The summed E-state index contributed by atoms with van der Waals surface area (Å²) < 4.78 is 0. The Kier molecular flexibility index (Phi) is 6.10. The van der Waals surface area contributed by atoms with Crippen molar-refractivity contribution in [2.24, 2.45) is 34.0 Å². The molecule has 27 heavy (non-hydrogen) atoms. The Morgan fingerprint density at radius 3 is 2.56 bits per heavy atom. The van der Waals surface area contributed by atoms with Crippen LogP contribution in [0.3, 0.4) is 0 Å². The minimum absolute atomic E-state index is 0. The fourth-order valence-electron chi connectivity index (χ4n) is 7.15. The average Bonchev–Trinajstić information content (AvgIpc) is 2.86. The average molecular weight is 395 g/mol. The molecule has 0 saturated heterocycles. The fraction of sp³-hybridized carbons (Fsp3) is 0.739. The third kappa shape index (κ3) is 3.32. The number of carbonyl (C=O) groups is 2. The molecule has 4 aliphatic rings. The van der Waals surface area contributed by atoms with Gasteiger partial charge in [-0.05, 0) is 90.6 Å². The number of carbonyl (C=O) groups excluding carboxylic acids is 2. The minimum Gasteiger partial charge on any atom is -0.550 e. The van der Waals surface area contributed by atoms with Crippen LogP contribution < -0.4 is 56.5 Å². The van der Waals surface area contributed by atoms with Crippen LogP contribution in [0.4, 0.5) is 0 Å². The quantitative estimate of drug-likeness (QED) is 0.667. The SMILES string of the molecule is C[C@@]1(CCC(=O)[O-])CC[C@H]2[C@@H]3C=CC4=CC(=O)CC[C@]4(C)[C@H]3CC[C@@]21C.[K+]. The van der Waals surface area contributed by atoms with E-state index in [2.05, 4.69) is 32.9 Å². The smallest absolute Gasteiger partial charge is 0.550 e. The molecule has 0 spiro atoms. The molecule has 0 heterocycles. The minimum atomic E-state index is -0.918. The van der Waals surface area contributed by atoms with E-state index >= 15 is 0 Å². The summed E-state index contributed by atoms with van der Waals surface area (Å²) in [6, 6.07) is 0. The van der Waals surface area contributed by atoms with Crippen LogP contribution in [0.25, 0.3) is 0 Å². The van der Waals surface area contributed by atoms with Gasteiger partial charge in [0.2, 0.25) is 0 Å². The number of aliphatic carboxylic acids is 1.